The number of ether oxygens (including phenoxy) is 1. The van der Waals surface area contributed by atoms with Gasteiger partial charge in [-0.2, -0.15) is 0 Å². The summed E-state index contributed by atoms with van der Waals surface area (Å²) in [6.45, 7) is 2.14. The van der Waals surface area contributed by atoms with Crippen LogP contribution < -0.4 is 5.32 Å². The number of amides is 1. The molecule has 4 N–H and O–H groups in total. The molecule has 5 unspecified atom stereocenters. The molecule has 0 aliphatic carbocycles. The average Bonchev–Trinajstić information content (AvgIpc) is 2.37. The Kier molecular flexibility index (Phi) is 5.44. The number of carbonyl (C=O) groups excluding carboxylic acids is 1. The first kappa shape index (κ1) is 15.6. The number of hydrogen-bond acceptors (Lipinski definition) is 5. The number of aliphatic hydroxyl groups is 2. The molecule has 0 saturated carbocycles. The fourth-order valence-corrected chi connectivity index (χ4v) is 2.07. The first-order chi connectivity index (χ1) is 8.90. The van der Waals surface area contributed by atoms with Crippen LogP contribution in [-0.2, 0) is 9.53 Å². The third-order valence-corrected chi connectivity index (χ3v) is 2.95. The molecule has 0 aromatic rings. The maximum Gasteiger partial charge on any atom is 0.217 e. The Bertz CT molecular complexity index is 375. The van der Waals surface area contributed by atoms with E-state index in [-0.39, 0.29) is 5.91 Å². The van der Waals surface area contributed by atoms with Gasteiger partial charge in [-0.05, 0) is 13.0 Å². The van der Waals surface area contributed by atoms with Crippen LogP contribution in [0.1, 0.15) is 13.8 Å². The van der Waals surface area contributed by atoms with Crippen molar-refractivity contribution in [2.45, 2.75) is 38.3 Å². The first-order valence-electron chi connectivity index (χ1n) is 5.96. The number of allylic oxidation sites excluding steroid dienone is 1. The number of aliphatic hydroxyl groups excluding tert-OH is 2. The summed E-state index contributed by atoms with van der Waals surface area (Å²) in [5.74, 6) is -0.497. The lowest BCUT2D eigenvalue weighted by atomic mass is 9.88. The van der Waals surface area contributed by atoms with Gasteiger partial charge in [0.05, 0.1) is 18.4 Å². The normalized spacial score (nSPS) is 29.7. The standard InChI is InChI=1S/C12H19FN2O4/c1-6-3-8(4-14)11(15-7(2)17)12(19-6)10(13)9(18)5-16/h3-4,8-12,14,16,18H,5H2,1-2H3,(H,15,17). The van der Waals surface area contributed by atoms with Gasteiger partial charge in [0.2, 0.25) is 5.91 Å². The smallest absolute Gasteiger partial charge is 0.217 e. The zero-order chi connectivity index (χ0) is 14.6. The van der Waals surface area contributed by atoms with E-state index in [9.17, 15) is 14.3 Å². The molecule has 0 aromatic heterocycles. The van der Waals surface area contributed by atoms with E-state index in [1.54, 1.807) is 13.0 Å². The monoisotopic (exact) mass is 274 g/mol. The molecule has 0 aromatic carbocycles. The zero-order valence-electron chi connectivity index (χ0n) is 10.8. The van der Waals surface area contributed by atoms with Crippen LogP contribution in [0.2, 0.25) is 0 Å². The maximum absolute atomic E-state index is 14.1. The third kappa shape index (κ3) is 3.74. The molecule has 0 saturated heterocycles. The lowest BCUT2D eigenvalue weighted by Gasteiger charge is -2.38. The van der Waals surface area contributed by atoms with Crippen LogP contribution in [0.3, 0.4) is 0 Å². The van der Waals surface area contributed by atoms with Crippen LogP contribution >= 0.6 is 0 Å². The Labute approximate surface area is 110 Å². The minimum Gasteiger partial charge on any atom is -0.490 e. The molecule has 5 atom stereocenters. The molecule has 1 rings (SSSR count). The molecule has 1 aliphatic rings. The number of hydrogen-bond donors (Lipinski definition) is 4. The van der Waals surface area contributed by atoms with Crippen LogP contribution in [0, 0.1) is 11.3 Å². The summed E-state index contributed by atoms with van der Waals surface area (Å²) in [5, 5.41) is 28.0. The van der Waals surface area contributed by atoms with E-state index in [1.165, 1.54) is 6.92 Å². The Balaban J connectivity index is 3.00. The van der Waals surface area contributed by atoms with E-state index in [2.05, 4.69) is 5.32 Å². The molecule has 19 heavy (non-hydrogen) atoms. The summed E-state index contributed by atoms with van der Waals surface area (Å²) in [4.78, 5) is 11.2. The van der Waals surface area contributed by atoms with Crippen molar-refractivity contribution in [3.63, 3.8) is 0 Å². The summed E-state index contributed by atoms with van der Waals surface area (Å²) in [6, 6.07) is -0.796. The highest BCUT2D eigenvalue weighted by molar-refractivity contribution is 5.74. The molecule has 1 heterocycles. The number of alkyl halides is 1. The fraction of sp³-hybridized carbons (Fsp3) is 0.667. The van der Waals surface area contributed by atoms with Gasteiger partial charge in [-0.15, -0.1) is 0 Å². The van der Waals surface area contributed by atoms with E-state index in [1.807, 2.05) is 0 Å². The number of nitrogens with one attached hydrogen (secondary N) is 2. The summed E-state index contributed by atoms with van der Waals surface area (Å²) < 4.78 is 19.4. The van der Waals surface area contributed by atoms with Crippen molar-refractivity contribution in [1.82, 2.24) is 5.32 Å². The maximum atomic E-state index is 14.1. The van der Waals surface area contributed by atoms with Gasteiger partial charge in [-0.3, -0.25) is 4.79 Å². The van der Waals surface area contributed by atoms with Crippen molar-refractivity contribution < 1.29 is 24.1 Å². The van der Waals surface area contributed by atoms with Crippen molar-refractivity contribution >= 4 is 12.1 Å². The van der Waals surface area contributed by atoms with Gasteiger partial charge in [0, 0.05) is 19.1 Å². The summed E-state index contributed by atoms with van der Waals surface area (Å²) in [7, 11) is 0. The molecule has 1 amide bonds. The SMILES string of the molecule is CC(=O)NC1C(C=N)C=C(C)OC1C(F)C(O)CO. The van der Waals surface area contributed by atoms with Gasteiger partial charge in [0.1, 0.15) is 6.10 Å². The summed E-state index contributed by atoms with van der Waals surface area (Å²) in [6.07, 6.45) is -1.94. The lowest BCUT2D eigenvalue weighted by molar-refractivity contribution is -0.123. The van der Waals surface area contributed by atoms with E-state index in [0.29, 0.717) is 5.76 Å². The third-order valence-electron chi connectivity index (χ3n) is 2.95. The minimum absolute atomic E-state index is 0.385. The van der Waals surface area contributed by atoms with Crippen LogP contribution in [-0.4, -0.2) is 53.4 Å². The minimum atomic E-state index is -1.87. The molecule has 7 heteroatoms. The fourth-order valence-electron chi connectivity index (χ4n) is 2.07. The molecule has 0 bridgehead atoms. The summed E-state index contributed by atoms with van der Waals surface area (Å²) in [5.41, 5.74) is 0. The van der Waals surface area contributed by atoms with Gasteiger partial charge in [0.15, 0.2) is 12.3 Å². The van der Waals surface area contributed by atoms with Crippen molar-refractivity contribution in [2.24, 2.45) is 5.92 Å². The van der Waals surface area contributed by atoms with Crippen molar-refractivity contribution in [3.8, 4) is 0 Å². The number of rotatable bonds is 5. The molecule has 6 nitrogen and oxygen atoms in total. The Morgan fingerprint density at radius 3 is 2.84 bits per heavy atom. The van der Waals surface area contributed by atoms with Crippen molar-refractivity contribution in [3.05, 3.63) is 11.8 Å². The molecule has 0 fully saturated rings. The largest absolute Gasteiger partial charge is 0.490 e. The molecule has 0 spiro atoms. The highest BCUT2D eigenvalue weighted by Gasteiger charge is 2.41. The van der Waals surface area contributed by atoms with E-state index >= 15 is 0 Å². The van der Waals surface area contributed by atoms with E-state index < -0.39 is 36.9 Å². The van der Waals surface area contributed by atoms with Crippen LogP contribution in [0.25, 0.3) is 0 Å². The van der Waals surface area contributed by atoms with Crippen molar-refractivity contribution in [2.75, 3.05) is 6.61 Å². The molecule has 0 radical (unpaired) electrons. The van der Waals surface area contributed by atoms with Crippen LogP contribution in [0.15, 0.2) is 11.8 Å². The first-order valence-corrected chi connectivity index (χ1v) is 5.96. The van der Waals surface area contributed by atoms with Crippen LogP contribution in [0.5, 0.6) is 0 Å². The molecule has 108 valence electrons. The van der Waals surface area contributed by atoms with E-state index in [0.717, 1.165) is 6.21 Å². The number of halogens is 1. The highest BCUT2D eigenvalue weighted by atomic mass is 19.1. The topological polar surface area (TPSA) is 103 Å². The second-order valence-corrected chi connectivity index (χ2v) is 4.52. The second-order valence-electron chi connectivity index (χ2n) is 4.52. The lowest BCUT2D eigenvalue weighted by Crippen LogP contribution is -2.56. The highest BCUT2D eigenvalue weighted by Crippen LogP contribution is 2.26. The summed E-state index contributed by atoms with van der Waals surface area (Å²) >= 11 is 0. The molecular weight excluding hydrogens is 255 g/mol. The predicted molar refractivity (Wildman–Crippen MR) is 66.5 cm³/mol. The van der Waals surface area contributed by atoms with E-state index in [4.69, 9.17) is 15.3 Å². The van der Waals surface area contributed by atoms with Gasteiger partial charge in [0.25, 0.3) is 0 Å². The Morgan fingerprint density at radius 2 is 2.37 bits per heavy atom. The number of carbonyl (C=O) groups is 1. The van der Waals surface area contributed by atoms with Crippen molar-refractivity contribution in [1.29, 1.82) is 5.41 Å². The van der Waals surface area contributed by atoms with Gasteiger partial charge in [-0.25, -0.2) is 4.39 Å². The molecule has 1 aliphatic heterocycles. The van der Waals surface area contributed by atoms with Gasteiger partial charge >= 0.3 is 0 Å². The second kappa shape index (κ2) is 6.63. The Morgan fingerprint density at radius 1 is 1.74 bits per heavy atom. The zero-order valence-corrected chi connectivity index (χ0v) is 10.8. The van der Waals surface area contributed by atoms with Gasteiger partial charge in [-0.1, -0.05) is 0 Å². The average molecular weight is 274 g/mol. The Hall–Kier alpha value is -1.47. The van der Waals surface area contributed by atoms with Gasteiger partial charge < -0.3 is 25.7 Å². The van der Waals surface area contributed by atoms with Crippen LogP contribution in [0.4, 0.5) is 4.39 Å². The molecular formula is C12H19FN2O4. The quantitative estimate of drug-likeness (QED) is 0.519. The predicted octanol–water partition coefficient (Wildman–Crippen LogP) is -0.249.